The summed E-state index contributed by atoms with van der Waals surface area (Å²) < 4.78 is 47.3. The number of halogens is 3. The van der Waals surface area contributed by atoms with E-state index in [0.717, 1.165) is 5.56 Å². The lowest BCUT2D eigenvalue weighted by molar-refractivity contribution is -0.0328. The summed E-state index contributed by atoms with van der Waals surface area (Å²) in [5.74, 6) is 0.0122. The Labute approximate surface area is 141 Å². The van der Waals surface area contributed by atoms with Crippen LogP contribution in [0.25, 0.3) is 0 Å². The average molecular weight is 357 g/mol. The van der Waals surface area contributed by atoms with Gasteiger partial charge in [-0.3, -0.25) is 5.32 Å². The second-order valence-corrected chi connectivity index (χ2v) is 5.71. The molecule has 0 atom stereocenters. The Hall–Kier alpha value is -2.35. The lowest BCUT2D eigenvalue weighted by atomic mass is 10.2. The SMILES string of the molecule is COc1cc(NC(=O)OCc2ccccc2)ccc1SC(F)(F)F. The second kappa shape index (κ2) is 7.96. The summed E-state index contributed by atoms with van der Waals surface area (Å²) in [7, 11) is 1.26. The van der Waals surface area contributed by atoms with Gasteiger partial charge in [0.05, 0.1) is 12.0 Å². The molecule has 0 aliphatic rings. The third-order valence-electron chi connectivity index (χ3n) is 2.85. The van der Waals surface area contributed by atoms with E-state index in [0.29, 0.717) is 0 Å². The van der Waals surface area contributed by atoms with Crippen molar-refractivity contribution in [1.82, 2.24) is 0 Å². The van der Waals surface area contributed by atoms with Gasteiger partial charge in [0.1, 0.15) is 12.4 Å². The number of thioether (sulfide) groups is 1. The fourth-order valence-corrected chi connectivity index (χ4v) is 2.46. The number of benzene rings is 2. The third-order valence-corrected chi connectivity index (χ3v) is 3.64. The lowest BCUT2D eigenvalue weighted by Crippen LogP contribution is -2.13. The first-order chi connectivity index (χ1) is 11.4. The van der Waals surface area contributed by atoms with Gasteiger partial charge in [0.15, 0.2) is 0 Å². The Morgan fingerprint density at radius 1 is 1.17 bits per heavy atom. The fourth-order valence-electron chi connectivity index (χ4n) is 1.83. The van der Waals surface area contributed by atoms with E-state index in [9.17, 15) is 18.0 Å². The molecule has 0 unspecified atom stereocenters. The number of carbonyl (C=O) groups excluding carboxylic acids is 1. The molecule has 0 spiro atoms. The molecule has 128 valence electrons. The van der Waals surface area contributed by atoms with Crippen LogP contribution in [0, 0.1) is 0 Å². The standard InChI is InChI=1S/C16H14F3NO3S/c1-22-13-9-12(7-8-14(13)24-16(17,18)19)20-15(21)23-10-11-5-3-2-4-6-11/h2-9H,10H2,1H3,(H,20,21). The lowest BCUT2D eigenvalue weighted by Gasteiger charge is -2.12. The fraction of sp³-hybridized carbons (Fsp3) is 0.188. The summed E-state index contributed by atoms with van der Waals surface area (Å²) >= 11 is -0.282. The first-order valence-corrected chi connectivity index (χ1v) is 7.60. The molecule has 0 aliphatic carbocycles. The van der Waals surface area contributed by atoms with Gasteiger partial charge in [-0.2, -0.15) is 13.2 Å². The predicted octanol–water partition coefficient (Wildman–Crippen LogP) is 5.06. The largest absolute Gasteiger partial charge is 0.496 e. The van der Waals surface area contributed by atoms with E-state index in [1.165, 1.54) is 25.3 Å². The molecule has 0 radical (unpaired) electrons. The number of rotatable bonds is 5. The highest BCUT2D eigenvalue weighted by molar-refractivity contribution is 8.00. The number of amides is 1. The van der Waals surface area contributed by atoms with Crippen molar-refractivity contribution in [1.29, 1.82) is 0 Å². The van der Waals surface area contributed by atoms with Crippen molar-refractivity contribution >= 4 is 23.5 Å². The van der Waals surface area contributed by atoms with Crippen LogP contribution in [0.3, 0.4) is 0 Å². The van der Waals surface area contributed by atoms with Crippen LogP contribution in [0.2, 0.25) is 0 Å². The highest BCUT2D eigenvalue weighted by Crippen LogP contribution is 2.42. The van der Waals surface area contributed by atoms with E-state index in [2.05, 4.69) is 5.32 Å². The minimum absolute atomic E-state index is 0.0122. The quantitative estimate of drug-likeness (QED) is 0.760. The van der Waals surface area contributed by atoms with Crippen LogP contribution in [0.15, 0.2) is 53.4 Å². The van der Waals surface area contributed by atoms with E-state index in [-0.39, 0.29) is 34.7 Å². The van der Waals surface area contributed by atoms with Gasteiger partial charge in [0, 0.05) is 11.8 Å². The minimum atomic E-state index is -4.42. The smallest absolute Gasteiger partial charge is 0.446 e. The zero-order valence-corrected chi connectivity index (χ0v) is 13.4. The molecule has 1 N–H and O–H groups in total. The molecular formula is C16H14F3NO3S. The maximum absolute atomic E-state index is 12.4. The molecule has 8 heteroatoms. The van der Waals surface area contributed by atoms with Crippen LogP contribution in [-0.4, -0.2) is 18.7 Å². The van der Waals surface area contributed by atoms with Crippen LogP contribution >= 0.6 is 11.8 Å². The van der Waals surface area contributed by atoms with Gasteiger partial charge < -0.3 is 9.47 Å². The molecule has 0 bridgehead atoms. The molecule has 0 aromatic heterocycles. The summed E-state index contributed by atoms with van der Waals surface area (Å²) in [4.78, 5) is 11.7. The van der Waals surface area contributed by atoms with Gasteiger partial charge in [-0.15, -0.1) is 0 Å². The van der Waals surface area contributed by atoms with Crippen LogP contribution in [0.5, 0.6) is 5.75 Å². The molecular weight excluding hydrogens is 343 g/mol. The minimum Gasteiger partial charge on any atom is -0.496 e. The Kier molecular flexibility index (Phi) is 5.97. The predicted molar refractivity (Wildman–Crippen MR) is 85.2 cm³/mol. The van der Waals surface area contributed by atoms with Crippen LogP contribution in [-0.2, 0) is 11.3 Å². The molecule has 0 aliphatic heterocycles. The van der Waals surface area contributed by atoms with Crippen molar-refractivity contribution in [2.45, 2.75) is 17.0 Å². The summed E-state index contributed by atoms with van der Waals surface area (Å²) in [5.41, 5.74) is -3.32. The third kappa shape index (κ3) is 5.69. The molecule has 2 rings (SSSR count). The number of methoxy groups -OCH3 is 1. The van der Waals surface area contributed by atoms with Crippen LogP contribution in [0.1, 0.15) is 5.56 Å². The summed E-state index contributed by atoms with van der Waals surface area (Å²) in [5, 5.41) is 2.45. The highest BCUT2D eigenvalue weighted by Gasteiger charge is 2.30. The van der Waals surface area contributed by atoms with Gasteiger partial charge >= 0.3 is 11.6 Å². The van der Waals surface area contributed by atoms with E-state index >= 15 is 0 Å². The van der Waals surface area contributed by atoms with E-state index in [4.69, 9.17) is 9.47 Å². The first kappa shape index (κ1) is 18.0. The van der Waals surface area contributed by atoms with Crippen molar-refractivity contribution in [3.8, 4) is 5.75 Å². The van der Waals surface area contributed by atoms with Crippen LogP contribution < -0.4 is 10.1 Å². The molecule has 0 fully saturated rings. The van der Waals surface area contributed by atoms with Crippen molar-refractivity contribution in [2.75, 3.05) is 12.4 Å². The van der Waals surface area contributed by atoms with Gasteiger partial charge in [0.25, 0.3) is 0 Å². The molecule has 24 heavy (non-hydrogen) atoms. The first-order valence-electron chi connectivity index (χ1n) is 6.79. The van der Waals surface area contributed by atoms with E-state index in [1.807, 2.05) is 18.2 Å². The number of anilines is 1. The number of hydrogen-bond donors (Lipinski definition) is 1. The zero-order valence-electron chi connectivity index (χ0n) is 12.6. The van der Waals surface area contributed by atoms with E-state index < -0.39 is 11.6 Å². The van der Waals surface area contributed by atoms with Crippen molar-refractivity contribution in [2.24, 2.45) is 0 Å². The summed E-state index contributed by atoms with van der Waals surface area (Å²) in [6, 6.07) is 13.0. The van der Waals surface area contributed by atoms with Crippen molar-refractivity contribution in [3.05, 3.63) is 54.1 Å². The molecule has 2 aromatic carbocycles. The molecule has 0 heterocycles. The van der Waals surface area contributed by atoms with Gasteiger partial charge in [-0.25, -0.2) is 4.79 Å². The average Bonchev–Trinajstić information content (AvgIpc) is 2.54. The number of carbonyl (C=O) groups is 1. The molecule has 2 aromatic rings. The van der Waals surface area contributed by atoms with E-state index in [1.54, 1.807) is 12.1 Å². The Morgan fingerprint density at radius 2 is 1.88 bits per heavy atom. The molecule has 4 nitrogen and oxygen atoms in total. The van der Waals surface area contributed by atoms with Crippen LogP contribution in [0.4, 0.5) is 23.7 Å². The number of hydrogen-bond acceptors (Lipinski definition) is 4. The summed E-state index contributed by atoms with van der Waals surface area (Å²) in [6.45, 7) is 0.0891. The molecule has 0 saturated heterocycles. The Bertz CT molecular complexity index is 693. The Morgan fingerprint density at radius 3 is 2.50 bits per heavy atom. The zero-order chi connectivity index (χ0) is 17.6. The number of ether oxygens (including phenoxy) is 2. The normalized spacial score (nSPS) is 11.0. The highest BCUT2D eigenvalue weighted by atomic mass is 32.2. The number of nitrogens with one attached hydrogen (secondary N) is 1. The maximum atomic E-state index is 12.4. The molecule has 1 amide bonds. The molecule has 0 saturated carbocycles. The second-order valence-electron chi connectivity index (χ2n) is 4.60. The summed E-state index contributed by atoms with van der Waals surface area (Å²) in [6.07, 6.45) is -0.711. The van der Waals surface area contributed by atoms with Gasteiger partial charge in [-0.05, 0) is 29.5 Å². The Balaban J connectivity index is 1.98. The maximum Gasteiger partial charge on any atom is 0.446 e. The van der Waals surface area contributed by atoms with Gasteiger partial charge in [-0.1, -0.05) is 30.3 Å². The monoisotopic (exact) mass is 357 g/mol. The van der Waals surface area contributed by atoms with Gasteiger partial charge in [0.2, 0.25) is 0 Å². The number of alkyl halides is 3. The van der Waals surface area contributed by atoms with Crippen molar-refractivity contribution in [3.63, 3.8) is 0 Å². The van der Waals surface area contributed by atoms with Crippen molar-refractivity contribution < 1.29 is 27.4 Å². The topological polar surface area (TPSA) is 47.6 Å².